The summed E-state index contributed by atoms with van der Waals surface area (Å²) in [4.78, 5) is 39.2. The van der Waals surface area contributed by atoms with Gasteiger partial charge in [0.2, 0.25) is 10.0 Å². The lowest BCUT2D eigenvalue weighted by molar-refractivity contribution is -0.139. The molecule has 4 rings (SSSR count). The minimum absolute atomic E-state index is 0.227. The van der Waals surface area contributed by atoms with Crippen molar-refractivity contribution in [2.45, 2.75) is 25.8 Å². The Bertz CT molecular complexity index is 1480. The molecule has 1 aliphatic rings. The maximum absolute atomic E-state index is 12.9. The summed E-state index contributed by atoms with van der Waals surface area (Å²) in [6.45, 7) is 1.76. The highest BCUT2D eigenvalue weighted by Crippen LogP contribution is 2.33. The fraction of sp³-hybridized carbons (Fsp3) is 0.292. The molecule has 2 heterocycles. The van der Waals surface area contributed by atoms with E-state index in [0.717, 1.165) is 11.8 Å². The minimum atomic E-state index is -3.74. The van der Waals surface area contributed by atoms with Crippen LogP contribution in [0.15, 0.2) is 51.7 Å². The van der Waals surface area contributed by atoms with Crippen molar-refractivity contribution >= 4 is 44.4 Å². The number of para-hydroxylation sites is 1. The maximum atomic E-state index is 12.9. The number of halogens is 1. The summed E-state index contributed by atoms with van der Waals surface area (Å²) < 4.78 is 36.5. The van der Waals surface area contributed by atoms with E-state index in [4.69, 9.17) is 20.8 Å². The van der Waals surface area contributed by atoms with Crippen molar-refractivity contribution in [3.63, 3.8) is 0 Å². The Labute approximate surface area is 206 Å². The van der Waals surface area contributed by atoms with Crippen molar-refractivity contribution in [2.75, 3.05) is 19.4 Å². The molecule has 0 unspecified atom stereocenters. The van der Waals surface area contributed by atoms with Gasteiger partial charge in [0, 0.05) is 12.6 Å². The topological polar surface area (TPSA) is 123 Å². The first-order chi connectivity index (χ1) is 16.5. The van der Waals surface area contributed by atoms with Crippen LogP contribution in [0.1, 0.15) is 18.4 Å². The van der Waals surface area contributed by atoms with Crippen LogP contribution in [-0.4, -0.2) is 50.6 Å². The van der Waals surface area contributed by atoms with Crippen molar-refractivity contribution < 1.29 is 27.2 Å². The van der Waals surface area contributed by atoms with Crippen LogP contribution in [0.4, 0.5) is 0 Å². The number of likely N-dealkylation sites (tertiary alicyclic amines) is 1. The third-order valence-electron chi connectivity index (χ3n) is 5.62. The molecule has 9 nitrogen and oxygen atoms in total. The Balaban J connectivity index is 1.59. The van der Waals surface area contributed by atoms with Crippen LogP contribution >= 0.6 is 11.6 Å². The predicted octanol–water partition coefficient (Wildman–Crippen LogP) is 2.87. The highest BCUT2D eigenvalue weighted by molar-refractivity contribution is 7.89. The lowest BCUT2D eigenvalue weighted by Gasteiger charge is -2.24. The molecular weight excluding hydrogens is 496 g/mol. The van der Waals surface area contributed by atoms with E-state index < -0.39 is 34.5 Å². The van der Waals surface area contributed by atoms with Gasteiger partial charge in [0.15, 0.2) is 17.6 Å². The second-order valence-electron chi connectivity index (χ2n) is 8.36. The summed E-state index contributed by atoms with van der Waals surface area (Å²) in [5.74, 6) is -0.676. The van der Waals surface area contributed by atoms with E-state index in [9.17, 15) is 22.8 Å². The molecule has 35 heavy (non-hydrogen) atoms. The third kappa shape index (κ3) is 5.49. The van der Waals surface area contributed by atoms with E-state index in [0.29, 0.717) is 41.1 Å². The van der Waals surface area contributed by atoms with Crippen LogP contribution in [0, 0.1) is 6.92 Å². The molecule has 1 atom stereocenters. The molecule has 0 bridgehead atoms. The monoisotopic (exact) mass is 518 g/mol. The molecule has 1 fully saturated rings. The molecular formula is C24H23ClN2O7S. The van der Waals surface area contributed by atoms with Crippen molar-refractivity contribution in [1.82, 2.24) is 9.62 Å². The second kappa shape index (κ2) is 9.71. The average molecular weight is 519 g/mol. The summed E-state index contributed by atoms with van der Waals surface area (Å²) >= 11 is 6.22. The van der Waals surface area contributed by atoms with Crippen molar-refractivity contribution in [3.05, 3.63) is 63.3 Å². The van der Waals surface area contributed by atoms with Crippen molar-refractivity contribution in [1.29, 1.82) is 0 Å². The number of nitrogens with one attached hydrogen (secondary N) is 1. The molecule has 0 aliphatic carbocycles. The molecule has 184 valence electrons. The van der Waals surface area contributed by atoms with Gasteiger partial charge in [-0.3, -0.25) is 19.1 Å². The molecule has 0 saturated carbocycles. The first-order valence-corrected chi connectivity index (χ1v) is 13.1. The van der Waals surface area contributed by atoms with E-state index in [1.54, 1.807) is 30.3 Å². The molecule has 0 radical (unpaired) electrons. The number of carbonyl (C=O) groups is 2. The Morgan fingerprint density at radius 2 is 2.00 bits per heavy atom. The van der Waals surface area contributed by atoms with Gasteiger partial charge < -0.3 is 14.1 Å². The van der Waals surface area contributed by atoms with Gasteiger partial charge in [-0.25, -0.2) is 8.42 Å². The van der Waals surface area contributed by atoms with Crippen LogP contribution in [-0.2, 0) is 19.6 Å². The number of aryl methyl sites for hydroxylation is 1. The molecule has 3 aromatic rings. The van der Waals surface area contributed by atoms with Crippen molar-refractivity contribution in [2.24, 2.45) is 0 Å². The minimum Gasteiger partial charge on any atom is -0.483 e. The average Bonchev–Trinajstić information content (AvgIpc) is 3.27. The number of sulfonamides is 1. The van der Waals surface area contributed by atoms with Crippen LogP contribution < -0.4 is 14.9 Å². The smallest absolute Gasteiger partial charge is 0.261 e. The molecule has 2 amide bonds. The van der Waals surface area contributed by atoms with Gasteiger partial charge in [-0.2, -0.15) is 0 Å². The number of hydrogen-bond acceptors (Lipinski definition) is 7. The number of amides is 2. The van der Waals surface area contributed by atoms with Crippen LogP contribution in [0.25, 0.3) is 22.3 Å². The van der Waals surface area contributed by atoms with E-state index >= 15 is 0 Å². The number of nitrogens with zero attached hydrogens (tertiary/aromatic N) is 1. The van der Waals surface area contributed by atoms with Gasteiger partial charge in [0.05, 0.1) is 22.2 Å². The van der Waals surface area contributed by atoms with Gasteiger partial charge in [0.25, 0.3) is 11.8 Å². The largest absolute Gasteiger partial charge is 0.483 e. The van der Waals surface area contributed by atoms with Crippen molar-refractivity contribution in [3.8, 4) is 17.1 Å². The van der Waals surface area contributed by atoms with Gasteiger partial charge in [0.1, 0.15) is 17.6 Å². The summed E-state index contributed by atoms with van der Waals surface area (Å²) in [7, 11) is -3.74. The van der Waals surface area contributed by atoms with E-state index in [1.807, 2.05) is 17.7 Å². The van der Waals surface area contributed by atoms with Crippen LogP contribution in [0.3, 0.4) is 0 Å². The zero-order valence-electron chi connectivity index (χ0n) is 19.0. The van der Waals surface area contributed by atoms with E-state index in [-0.39, 0.29) is 16.8 Å². The standard InChI is InChI=1S/C24H23ClN2O7S/c1-14-8-9-16(21-12-19(28)15-5-3-6-17(25)23(15)34-21)20(11-14)33-13-22(29)27-10-4-7-18(27)24(30)26-35(2,31)32/h3,5-6,8-9,11-12,18H,4,7,10,13H2,1-2H3,(H,26,30)/t18-/m1/s1. The Morgan fingerprint density at radius 1 is 1.23 bits per heavy atom. The Hall–Kier alpha value is -3.37. The summed E-state index contributed by atoms with van der Waals surface area (Å²) in [5, 5.41) is 0.636. The summed E-state index contributed by atoms with van der Waals surface area (Å²) in [6, 6.07) is 10.6. The SMILES string of the molecule is Cc1ccc(-c2cc(=O)c3cccc(Cl)c3o2)c(OCC(=O)N2CCC[C@@H]2C(=O)NS(C)(=O)=O)c1. The quantitative estimate of drug-likeness (QED) is 0.532. The normalized spacial score (nSPS) is 15.9. The van der Waals surface area contributed by atoms with Gasteiger partial charge in [-0.15, -0.1) is 0 Å². The highest BCUT2D eigenvalue weighted by Gasteiger charge is 2.35. The maximum Gasteiger partial charge on any atom is 0.261 e. The lowest BCUT2D eigenvalue weighted by Crippen LogP contribution is -2.48. The Morgan fingerprint density at radius 3 is 2.74 bits per heavy atom. The fourth-order valence-corrected chi connectivity index (χ4v) is 4.75. The number of rotatable bonds is 6. The third-order valence-corrected chi connectivity index (χ3v) is 6.49. The van der Waals surface area contributed by atoms with Gasteiger partial charge in [-0.05, 0) is 49.6 Å². The molecule has 11 heteroatoms. The van der Waals surface area contributed by atoms with E-state index in [2.05, 4.69) is 0 Å². The Kier molecular flexibility index (Phi) is 6.86. The highest BCUT2D eigenvalue weighted by atomic mass is 35.5. The molecule has 1 aliphatic heterocycles. The number of ether oxygens (including phenoxy) is 1. The zero-order valence-corrected chi connectivity index (χ0v) is 20.6. The summed E-state index contributed by atoms with van der Waals surface area (Å²) in [5.41, 5.74) is 1.28. The molecule has 2 aromatic carbocycles. The molecule has 1 saturated heterocycles. The van der Waals surface area contributed by atoms with Gasteiger partial charge >= 0.3 is 0 Å². The molecule has 1 aromatic heterocycles. The first kappa shape index (κ1) is 24.7. The molecule has 0 spiro atoms. The zero-order chi connectivity index (χ0) is 25.3. The van der Waals surface area contributed by atoms with E-state index in [1.165, 1.54) is 11.0 Å². The number of fused-ring (bicyclic) bond motifs is 1. The van der Waals surface area contributed by atoms with Crippen LogP contribution in [0.5, 0.6) is 5.75 Å². The fourth-order valence-electron chi connectivity index (χ4n) is 4.04. The first-order valence-electron chi connectivity index (χ1n) is 10.8. The number of carbonyl (C=O) groups excluding carboxylic acids is 2. The number of benzene rings is 2. The summed E-state index contributed by atoms with van der Waals surface area (Å²) in [6.07, 6.45) is 1.80. The van der Waals surface area contributed by atoms with Gasteiger partial charge in [-0.1, -0.05) is 23.7 Å². The number of hydrogen-bond donors (Lipinski definition) is 1. The predicted molar refractivity (Wildman–Crippen MR) is 131 cm³/mol. The molecule has 1 N–H and O–H groups in total. The lowest BCUT2D eigenvalue weighted by atomic mass is 10.1. The second-order valence-corrected chi connectivity index (χ2v) is 10.5. The van der Waals surface area contributed by atoms with Crippen LogP contribution in [0.2, 0.25) is 5.02 Å².